The topological polar surface area (TPSA) is 90.7 Å². The molecular weight excluding hydrogens is 420 g/mol. The molecule has 1 aromatic heterocycles. The van der Waals surface area contributed by atoms with E-state index in [1.807, 2.05) is 12.1 Å². The van der Waals surface area contributed by atoms with E-state index in [9.17, 15) is 9.59 Å². The van der Waals surface area contributed by atoms with Crippen LogP contribution >= 0.6 is 11.6 Å². The molecule has 2 aromatic rings. The van der Waals surface area contributed by atoms with E-state index in [1.165, 1.54) is 12.3 Å². The molecule has 0 unspecified atom stereocenters. The molecule has 0 spiro atoms. The lowest BCUT2D eigenvalue weighted by molar-refractivity contribution is -0.131. The Morgan fingerprint density at radius 1 is 1.26 bits per heavy atom. The van der Waals surface area contributed by atoms with Crippen LogP contribution in [0.1, 0.15) is 54.6 Å². The minimum atomic E-state index is -1.07. The number of rotatable bonds is 4. The predicted octanol–water partition coefficient (Wildman–Crippen LogP) is 3.51. The fraction of sp³-hybridized carbons (Fsp3) is 0.435. The number of hydrogen-bond acceptors (Lipinski definition) is 6. The molecule has 0 radical (unpaired) electrons. The summed E-state index contributed by atoms with van der Waals surface area (Å²) in [6.45, 7) is 0.604. The Hall–Kier alpha value is -2.82. The smallest absolute Gasteiger partial charge is 0.378 e. The van der Waals surface area contributed by atoms with Crippen molar-refractivity contribution < 1.29 is 23.6 Å². The Morgan fingerprint density at radius 3 is 2.90 bits per heavy atom. The lowest BCUT2D eigenvalue weighted by Crippen LogP contribution is -2.49. The van der Waals surface area contributed by atoms with E-state index in [-0.39, 0.29) is 17.7 Å². The van der Waals surface area contributed by atoms with Crippen LogP contribution in [0.5, 0.6) is 0 Å². The van der Waals surface area contributed by atoms with Crippen LogP contribution in [-0.4, -0.2) is 41.4 Å². The second-order valence-electron chi connectivity index (χ2n) is 7.82. The standard InChI is InChI=1S/C23H23ClN2O5/c24-17-5-1-4-16(14-17)8-11-23(30-22(28)20-9-12-25-31-20)10-2-6-18(15-23)26-21(27)19-7-3-13-29-19/h1,4-5,9,12,14,18-19H,2-3,6-7,10,13,15H2,(H,26,27)/t18-,19+,23+/m1/s1. The van der Waals surface area contributed by atoms with Gasteiger partial charge in [-0.25, -0.2) is 4.79 Å². The molecule has 1 amide bonds. The van der Waals surface area contributed by atoms with Gasteiger partial charge in [-0.2, -0.15) is 0 Å². The Bertz CT molecular complexity index is 991. The monoisotopic (exact) mass is 442 g/mol. The fourth-order valence-electron chi connectivity index (χ4n) is 3.97. The summed E-state index contributed by atoms with van der Waals surface area (Å²) in [5.41, 5.74) is -0.355. The van der Waals surface area contributed by atoms with Crippen molar-refractivity contribution in [3.05, 3.63) is 52.9 Å². The quantitative estimate of drug-likeness (QED) is 0.575. The van der Waals surface area contributed by atoms with Gasteiger partial charge in [0.15, 0.2) is 5.60 Å². The first-order chi connectivity index (χ1) is 15.0. The largest absolute Gasteiger partial charge is 0.440 e. The van der Waals surface area contributed by atoms with Crippen LogP contribution in [0.25, 0.3) is 0 Å². The third-order valence-electron chi connectivity index (χ3n) is 5.46. The van der Waals surface area contributed by atoms with E-state index in [0.717, 1.165) is 25.7 Å². The van der Waals surface area contributed by atoms with Crippen LogP contribution in [0.3, 0.4) is 0 Å². The summed E-state index contributed by atoms with van der Waals surface area (Å²) in [6.07, 6.45) is 5.01. The highest BCUT2D eigenvalue weighted by Gasteiger charge is 2.40. The molecule has 162 valence electrons. The summed E-state index contributed by atoms with van der Waals surface area (Å²) < 4.78 is 16.3. The van der Waals surface area contributed by atoms with Gasteiger partial charge in [0.25, 0.3) is 0 Å². The Labute approximate surface area is 185 Å². The summed E-state index contributed by atoms with van der Waals surface area (Å²) in [5, 5.41) is 7.19. The molecule has 3 atom stereocenters. The Balaban J connectivity index is 1.55. The van der Waals surface area contributed by atoms with Gasteiger partial charge in [0, 0.05) is 35.7 Å². The van der Waals surface area contributed by atoms with Gasteiger partial charge in [-0.05, 0) is 56.2 Å². The van der Waals surface area contributed by atoms with Crippen molar-refractivity contribution in [2.24, 2.45) is 0 Å². The zero-order chi connectivity index (χ0) is 21.7. The van der Waals surface area contributed by atoms with Crippen molar-refractivity contribution >= 4 is 23.5 Å². The van der Waals surface area contributed by atoms with Gasteiger partial charge in [0.1, 0.15) is 6.10 Å². The molecule has 1 aliphatic heterocycles. The summed E-state index contributed by atoms with van der Waals surface area (Å²) in [7, 11) is 0. The van der Waals surface area contributed by atoms with Crippen LogP contribution in [0, 0.1) is 11.8 Å². The number of aromatic nitrogens is 1. The average molecular weight is 443 g/mol. The van der Waals surface area contributed by atoms with E-state index in [1.54, 1.807) is 12.1 Å². The van der Waals surface area contributed by atoms with Crippen molar-refractivity contribution in [2.45, 2.75) is 56.3 Å². The van der Waals surface area contributed by atoms with Gasteiger partial charge in [0.2, 0.25) is 11.7 Å². The van der Waals surface area contributed by atoms with Gasteiger partial charge in [-0.15, -0.1) is 0 Å². The number of nitrogens with zero attached hydrogens (tertiary/aromatic N) is 1. The molecule has 1 saturated carbocycles. The molecule has 1 aliphatic carbocycles. The number of ether oxygens (including phenoxy) is 2. The van der Waals surface area contributed by atoms with Crippen molar-refractivity contribution in [1.82, 2.24) is 10.5 Å². The van der Waals surface area contributed by atoms with E-state index >= 15 is 0 Å². The number of nitrogens with one attached hydrogen (secondary N) is 1. The summed E-state index contributed by atoms with van der Waals surface area (Å²) in [5.74, 6) is 5.48. The highest BCUT2D eigenvalue weighted by Crippen LogP contribution is 2.33. The highest BCUT2D eigenvalue weighted by atomic mass is 35.5. The van der Waals surface area contributed by atoms with Crippen LogP contribution < -0.4 is 5.32 Å². The first-order valence-corrected chi connectivity index (χ1v) is 10.8. The molecule has 31 heavy (non-hydrogen) atoms. The van der Waals surface area contributed by atoms with Crippen LogP contribution in [0.4, 0.5) is 0 Å². The molecule has 1 N–H and O–H groups in total. The van der Waals surface area contributed by atoms with Gasteiger partial charge >= 0.3 is 5.97 Å². The van der Waals surface area contributed by atoms with E-state index in [4.69, 9.17) is 25.6 Å². The van der Waals surface area contributed by atoms with Crippen LogP contribution in [0.2, 0.25) is 5.02 Å². The highest BCUT2D eigenvalue weighted by molar-refractivity contribution is 6.30. The molecule has 2 aliphatic rings. The van der Waals surface area contributed by atoms with E-state index in [2.05, 4.69) is 22.3 Å². The predicted molar refractivity (Wildman–Crippen MR) is 112 cm³/mol. The zero-order valence-corrected chi connectivity index (χ0v) is 17.7. The Morgan fingerprint density at radius 2 is 2.16 bits per heavy atom. The SMILES string of the molecule is O=C(O[C@]1(C#Cc2cccc(Cl)c2)CCC[C@@H](NC(=O)[C@@H]2CCCO2)C1)c1ccno1. The number of halogens is 1. The molecule has 2 fully saturated rings. The maximum Gasteiger partial charge on any atom is 0.378 e. The number of amides is 1. The van der Waals surface area contributed by atoms with Gasteiger partial charge in [-0.3, -0.25) is 4.79 Å². The third kappa shape index (κ3) is 5.46. The maximum absolute atomic E-state index is 12.6. The van der Waals surface area contributed by atoms with Gasteiger partial charge in [0.05, 0.1) is 6.20 Å². The molecule has 1 saturated heterocycles. The number of hydrogen-bond donors (Lipinski definition) is 1. The number of carbonyl (C=O) groups excluding carboxylic acids is 2. The summed E-state index contributed by atoms with van der Waals surface area (Å²) in [4.78, 5) is 25.2. The first-order valence-electron chi connectivity index (χ1n) is 10.4. The van der Waals surface area contributed by atoms with Crippen molar-refractivity contribution in [2.75, 3.05) is 6.61 Å². The van der Waals surface area contributed by atoms with Crippen LogP contribution in [0.15, 0.2) is 41.1 Å². The molecular formula is C23H23ClN2O5. The summed E-state index contributed by atoms with van der Waals surface area (Å²) in [6, 6.07) is 8.43. The molecule has 8 heteroatoms. The van der Waals surface area contributed by atoms with E-state index in [0.29, 0.717) is 30.0 Å². The molecule has 4 rings (SSSR count). The molecule has 2 heterocycles. The minimum Gasteiger partial charge on any atom is -0.440 e. The molecule has 1 aromatic carbocycles. The zero-order valence-electron chi connectivity index (χ0n) is 16.9. The maximum atomic E-state index is 12.6. The van der Waals surface area contributed by atoms with Crippen molar-refractivity contribution in [3.8, 4) is 11.8 Å². The molecule has 7 nitrogen and oxygen atoms in total. The molecule has 0 bridgehead atoms. The number of esters is 1. The van der Waals surface area contributed by atoms with Crippen molar-refractivity contribution in [3.63, 3.8) is 0 Å². The first kappa shape index (κ1) is 21.4. The van der Waals surface area contributed by atoms with Crippen molar-refractivity contribution in [1.29, 1.82) is 0 Å². The second-order valence-corrected chi connectivity index (χ2v) is 8.26. The number of carbonyl (C=O) groups is 2. The average Bonchev–Trinajstić information content (AvgIpc) is 3.47. The normalized spacial score (nSPS) is 25.3. The van der Waals surface area contributed by atoms with E-state index < -0.39 is 17.7 Å². The third-order valence-corrected chi connectivity index (χ3v) is 5.70. The number of benzene rings is 1. The Kier molecular flexibility index (Phi) is 6.59. The minimum absolute atomic E-state index is 0.00875. The van der Waals surface area contributed by atoms with Crippen LogP contribution in [-0.2, 0) is 14.3 Å². The van der Waals surface area contributed by atoms with Gasteiger partial charge in [-0.1, -0.05) is 28.7 Å². The summed E-state index contributed by atoms with van der Waals surface area (Å²) >= 11 is 6.06. The fourth-order valence-corrected chi connectivity index (χ4v) is 4.16. The lowest BCUT2D eigenvalue weighted by atomic mass is 9.81. The lowest BCUT2D eigenvalue weighted by Gasteiger charge is -2.37. The second kappa shape index (κ2) is 9.54. The van der Waals surface area contributed by atoms with Gasteiger partial charge < -0.3 is 19.3 Å².